The van der Waals surface area contributed by atoms with Crippen molar-refractivity contribution in [3.63, 3.8) is 0 Å². The second kappa shape index (κ2) is 13.6. The Morgan fingerprint density at radius 3 is 2.46 bits per heavy atom. The van der Waals surface area contributed by atoms with Crippen LogP contribution in [0, 0.1) is 11.3 Å². The first-order valence-electron chi connectivity index (χ1n) is 14.7. The fraction of sp³-hybridized carbons (Fsp3) is 0.344. The fourth-order valence-electron chi connectivity index (χ4n) is 5.42. The highest BCUT2D eigenvalue weighted by Crippen LogP contribution is 2.42. The number of hydrogen-bond donors (Lipinski definition) is 2. The van der Waals surface area contributed by atoms with Crippen molar-refractivity contribution in [3.8, 4) is 28.6 Å². The summed E-state index contributed by atoms with van der Waals surface area (Å²) < 4.78 is 91.2. The fourth-order valence-corrected chi connectivity index (χ4v) is 5.42. The number of methoxy groups -OCH3 is 1. The lowest BCUT2D eigenvalue weighted by Gasteiger charge is -2.21. The first-order chi connectivity index (χ1) is 22.7. The quantitative estimate of drug-likeness (QED) is 0.143. The first-order valence-corrected chi connectivity index (χ1v) is 14.7. The number of hydrogen-bond acceptors (Lipinski definition) is 8. The Balaban J connectivity index is 1.65. The molecule has 0 saturated heterocycles. The molecule has 1 aliphatic rings. The van der Waals surface area contributed by atoms with Gasteiger partial charge in [-0.3, -0.25) is 9.69 Å². The van der Waals surface area contributed by atoms with Crippen molar-refractivity contribution in [3.05, 3.63) is 76.6 Å². The number of alkyl halides is 6. The standard InChI is InChI=1S/C32H30F6N8O2/c1-18(6-7-39)42-27-12-20(23-14-21(31(33,34)35)4-5-22(23)29-44-41-17-45(29)2)13-28(43-27)46-16-25-24(30(46)47)10-19(15-40-8-9-48-3)11-26(25)32(36,37)38/h4-5,10-14,17-18,40H,6,8-9,15-16H2,1-3H3,(H,42,43)/t18-/m1/s1. The van der Waals surface area contributed by atoms with Gasteiger partial charge in [0.15, 0.2) is 5.82 Å². The van der Waals surface area contributed by atoms with Crippen molar-refractivity contribution in [1.82, 2.24) is 25.1 Å². The van der Waals surface area contributed by atoms with E-state index in [1.807, 2.05) is 6.07 Å². The average molecular weight is 673 g/mol. The number of anilines is 2. The van der Waals surface area contributed by atoms with Crippen LogP contribution in [0.15, 0.2) is 48.8 Å². The van der Waals surface area contributed by atoms with Crippen LogP contribution in [0.4, 0.5) is 38.0 Å². The topological polar surface area (TPSA) is 121 Å². The summed E-state index contributed by atoms with van der Waals surface area (Å²) in [7, 11) is 3.11. The molecule has 0 saturated carbocycles. The van der Waals surface area contributed by atoms with E-state index in [0.29, 0.717) is 13.2 Å². The largest absolute Gasteiger partial charge is 0.416 e. The van der Waals surface area contributed by atoms with Crippen molar-refractivity contribution in [2.75, 3.05) is 30.5 Å². The number of nitriles is 1. The second-order valence-corrected chi connectivity index (χ2v) is 11.3. The van der Waals surface area contributed by atoms with Crippen molar-refractivity contribution < 1.29 is 35.9 Å². The molecule has 2 aromatic heterocycles. The Kier molecular flexibility index (Phi) is 9.74. The monoisotopic (exact) mass is 672 g/mol. The SMILES string of the molecule is COCCNCc1cc2c(c(C(F)(F)F)c1)CN(c1cc(-c3cc(C(F)(F)F)ccc3-c3nncn3C)cc(N[C@H](C)CC#N)n1)C2=O. The summed E-state index contributed by atoms with van der Waals surface area (Å²) in [5.74, 6) is -0.521. The molecular weight excluding hydrogens is 642 g/mol. The minimum Gasteiger partial charge on any atom is -0.383 e. The van der Waals surface area contributed by atoms with Gasteiger partial charge in [0.05, 0.1) is 36.8 Å². The van der Waals surface area contributed by atoms with E-state index in [-0.39, 0.29) is 63.8 Å². The predicted octanol–water partition coefficient (Wildman–Crippen LogP) is 6.19. The molecule has 1 aliphatic heterocycles. The van der Waals surface area contributed by atoms with Gasteiger partial charge in [-0.15, -0.1) is 10.2 Å². The highest BCUT2D eigenvalue weighted by molar-refractivity contribution is 6.10. The lowest BCUT2D eigenvalue weighted by atomic mass is 9.96. The number of carbonyl (C=O) groups is 1. The number of pyridine rings is 1. The summed E-state index contributed by atoms with van der Waals surface area (Å²) in [5.41, 5.74) is -1.60. The molecule has 0 unspecified atom stereocenters. The maximum atomic E-state index is 14.3. The van der Waals surface area contributed by atoms with E-state index in [9.17, 15) is 36.4 Å². The van der Waals surface area contributed by atoms with Gasteiger partial charge in [0, 0.05) is 44.4 Å². The zero-order valence-electron chi connectivity index (χ0n) is 26.0. The molecule has 48 heavy (non-hydrogen) atoms. The van der Waals surface area contributed by atoms with E-state index in [4.69, 9.17) is 4.74 Å². The predicted molar refractivity (Wildman–Crippen MR) is 164 cm³/mol. The van der Waals surface area contributed by atoms with Gasteiger partial charge in [0.2, 0.25) is 0 Å². The molecule has 10 nitrogen and oxygen atoms in total. The molecule has 252 valence electrons. The van der Waals surface area contributed by atoms with Crippen molar-refractivity contribution in [1.29, 1.82) is 5.26 Å². The first kappa shape index (κ1) is 34.3. The van der Waals surface area contributed by atoms with Crippen LogP contribution < -0.4 is 15.5 Å². The molecule has 16 heteroatoms. The molecule has 2 N–H and O–H groups in total. The number of amides is 1. The molecule has 0 aliphatic carbocycles. The molecule has 0 fully saturated rings. The highest BCUT2D eigenvalue weighted by atomic mass is 19.4. The van der Waals surface area contributed by atoms with Crippen LogP contribution in [0.1, 0.15) is 46.0 Å². The van der Waals surface area contributed by atoms with E-state index >= 15 is 0 Å². The molecule has 1 atom stereocenters. The maximum absolute atomic E-state index is 14.3. The number of fused-ring (bicyclic) bond motifs is 1. The van der Waals surface area contributed by atoms with Crippen LogP contribution in [0.5, 0.6) is 0 Å². The number of carbonyl (C=O) groups excluding carboxylic acids is 1. The number of nitrogens with zero attached hydrogens (tertiary/aromatic N) is 6. The third kappa shape index (κ3) is 7.26. The van der Waals surface area contributed by atoms with Crippen molar-refractivity contribution >= 4 is 17.5 Å². The normalized spacial score (nSPS) is 13.8. The second-order valence-electron chi connectivity index (χ2n) is 11.3. The van der Waals surface area contributed by atoms with Gasteiger partial charge < -0.3 is 19.9 Å². The smallest absolute Gasteiger partial charge is 0.383 e. The summed E-state index contributed by atoms with van der Waals surface area (Å²) in [6.07, 6.45) is -8.06. The van der Waals surface area contributed by atoms with Crippen LogP contribution in [-0.2, 0) is 37.2 Å². The van der Waals surface area contributed by atoms with E-state index < -0.39 is 42.0 Å². The van der Waals surface area contributed by atoms with Gasteiger partial charge in [0.25, 0.3) is 5.91 Å². The number of halogens is 6. The summed E-state index contributed by atoms with van der Waals surface area (Å²) in [4.78, 5) is 19.4. The van der Waals surface area contributed by atoms with Gasteiger partial charge in [0.1, 0.15) is 18.0 Å². The highest BCUT2D eigenvalue weighted by Gasteiger charge is 2.41. The Bertz CT molecular complexity index is 1860. The maximum Gasteiger partial charge on any atom is 0.416 e. The number of nitrogens with one attached hydrogen (secondary N) is 2. The summed E-state index contributed by atoms with van der Waals surface area (Å²) in [5, 5.41) is 23.1. The number of rotatable bonds is 11. The molecule has 3 heterocycles. The van der Waals surface area contributed by atoms with E-state index in [0.717, 1.165) is 23.1 Å². The molecule has 5 rings (SSSR count). The third-order valence-electron chi connectivity index (χ3n) is 7.71. The Morgan fingerprint density at radius 1 is 1.04 bits per heavy atom. The molecule has 0 radical (unpaired) electrons. The van der Waals surface area contributed by atoms with E-state index in [1.54, 1.807) is 14.0 Å². The van der Waals surface area contributed by atoms with Crippen molar-refractivity contribution in [2.24, 2.45) is 7.05 Å². The molecule has 0 spiro atoms. The van der Waals surface area contributed by atoms with Gasteiger partial charge >= 0.3 is 12.4 Å². The molecule has 2 aromatic carbocycles. The molecule has 1 amide bonds. The lowest BCUT2D eigenvalue weighted by Crippen LogP contribution is -2.25. The number of benzene rings is 2. The summed E-state index contributed by atoms with van der Waals surface area (Å²) in [6.45, 7) is 1.95. The van der Waals surface area contributed by atoms with E-state index in [1.165, 1.54) is 42.3 Å². The van der Waals surface area contributed by atoms with Crippen LogP contribution in [-0.4, -0.2) is 52.0 Å². The lowest BCUT2D eigenvalue weighted by molar-refractivity contribution is -0.138. The van der Waals surface area contributed by atoms with Crippen LogP contribution in [0.2, 0.25) is 0 Å². The average Bonchev–Trinajstić information content (AvgIpc) is 3.60. The summed E-state index contributed by atoms with van der Waals surface area (Å²) >= 11 is 0. The zero-order chi connectivity index (χ0) is 34.8. The van der Waals surface area contributed by atoms with Crippen LogP contribution in [0.25, 0.3) is 22.5 Å². The van der Waals surface area contributed by atoms with Crippen LogP contribution in [0.3, 0.4) is 0 Å². The minimum atomic E-state index is -4.78. The zero-order valence-corrected chi connectivity index (χ0v) is 26.0. The Hall–Kier alpha value is -5.01. The third-order valence-corrected chi connectivity index (χ3v) is 7.71. The van der Waals surface area contributed by atoms with E-state index in [2.05, 4.69) is 25.8 Å². The minimum absolute atomic E-state index is 0.0409. The Morgan fingerprint density at radius 2 is 1.81 bits per heavy atom. The van der Waals surface area contributed by atoms with Gasteiger partial charge in [-0.2, -0.15) is 31.6 Å². The van der Waals surface area contributed by atoms with Gasteiger partial charge in [-0.1, -0.05) is 0 Å². The molecule has 0 bridgehead atoms. The molecule has 4 aromatic rings. The number of aryl methyl sites for hydroxylation is 1. The van der Waals surface area contributed by atoms with Gasteiger partial charge in [-0.05, 0) is 71.6 Å². The van der Waals surface area contributed by atoms with Gasteiger partial charge in [-0.25, -0.2) is 4.98 Å². The number of aromatic nitrogens is 4. The van der Waals surface area contributed by atoms with Crippen LogP contribution >= 0.6 is 0 Å². The Labute approximate surface area is 271 Å². The molecular formula is C32H30F6N8O2. The summed E-state index contributed by atoms with van der Waals surface area (Å²) in [6, 6.07) is 9.81. The van der Waals surface area contributed by atoms with Crippen molar-refractivity contribution in [2.45, 2.75) is 44.8 Å². The number of ether oxygens (including phenoxy) is 1.